The van der Waals surface area contributed by atoms with Gasteiger partial charge in [0.25, 0.3) is 5.91 Å². The van der Waals surface area contributed by atoms with Crippen LogP contribution in [0.3, 0.4) is 0 Å². The number of hydrogen-bond acceptors (Lipinski definition) is 7. The highest BCUT2D eigenvalue weighted by Crippen LogP contribution is 2.46. The number of carbonyl (C=O) groups is 2. The van der Waals surface area contributed by atoms with Crippen LogP contribution in [0.5, 0.6) is 17.2 Å². The molecular weight excluding hydrogens is 436 g/mol. The Balaban J connectivity index is 1.51. The monoisotopic (exact) mass is 460 g/mol. The number of aryl methyl sites for hydroxylation is 1. The number of Topliss-reactive ketones (excluding diaryl/α,β-unsaturated/α-hetero) is 1. The second-order valence-corrected chi connectivity index (χ2v) is 8.21. The second kappa shape index (κ2) is 8.62. The second-order valence-electron chi connectivity index (χ2n) is 8.21. The first-order valence-corrected chi connectivity index (χ1v) is 10.9. The number of hydrogen-bond donors (Lipinski definition) is 1. The largest absolute Gasteiger partial charge is 0.492 e. The first kappa shape index (κ1) is 21.6. The Hall–Kier alpha value is -4.20. The molecule has 34 heavy (non-hydrogen) atoms. The highest BCUT2D eigenvalue weighted by atomic mass is 16.7. The van der Waals surface area contributed by atoms with Gasteiger partial charge in [-0.2, -0.15) is 0 Å². The van der Waals surface area contributed by atoms with E-state index in [1.807, 2.05) is 37.1 Å². The minimum atomic E-state index is -0.377. The van der Waals surface area contributed by atoms with Crippen LogP contribution in [0.2, 0.25) is 0 Å². The predicted molar refractivity (Wildman–Crippen MR) is 126 cm³/mol. The van der Waals surface area contributed by atoms with E-state index in [0.717, 1.165) is 16.7 Å². The van der Waals surface area contributed by atoms with E-state index in [4.69, 9.17) is 18.6 Å². The third-order valence-corrected chi connectivity index (χ3v) is 6.08. The van der Waals surface area contributed by atoms with Crippen molar-refractivity contribution in [2.45, 2.75) is 13.3 Å². The quantitative estimate of drug-likeness (QED) is 0.568. The van der Waals surface area contributed by atoms with Gasteiger partial charge in [0.15, 0.2) is 17.3 Å². The number of benzene rings is 2. The van der Waals surface area contributed by atoms with Crippen LogP contribution < -0.4 is 19.5 Å². The lowest BCUT2D eigenvalue weighted by atomic mass is 10.00. The minimum Gasteiger partial charge on any atom is -0.492 e. The highest BCUT2D eigenvalue weighted by Gasteiger charge is 2.28. The van der Waals surface area contributed by atoms with Gasteiger partial charge < -0.3 is 28.8 Å². The minimum absolute atomic E-state index is 0.139. The maximum Gasteiger partial charge on any atom is 0.291 e. The smallest absolute Gasteiger partial charge is 0.291 e. The molecule has 1 aromatic heterocycles. The van der Waals surface area contributed by atoms with Crippen LogP contribution in [0.25, 0.3) is 6.08 Å². The molecule has 3 aromatic rings. The van der Waals surface area contributed by atoms with E-state index in [-0.39, 0.29) is 24.2 Å². The molecular formula is C26H24N2O6. The number of furan rings is 1. The Morgan fingerprint density at radius 2 is 2.00 bits per heavy atom. The molecule has 0 saturated carbocycles. The molecule has 5 rings (SSSR count). The molecule has 3 heterocycles. The molecule has 0 bridgehead atoms. The van der Waals surface area contributed by atoms with Crippen LogP contribution in [-0.2, 0) is 6.42 Å². The number of anilines is 1. The fraction of sp³-hybridized carbons (Fsp3) is 0.231. The number of ether oxygens (including phenoxy) is 3. The van der Waals surface area contributed by atoms with Gasteiger partial charge >= 0.3 is 0 Å². The van der Waals surface area contributed by atoms with E-state index >= 15 is 0 Å². The van der Waals surface area contributed by atoms with Crippen molar-refractivity contribution in [1.82, 2.24) is 4.90 Å². The number of nitrogens with zero attached hydrogens (tertiary/aromatic N) is 1. The number of likely N-dealkylation sites (N-methyl/N-ethyl adjacent to an activating group) is 1. The van der Waals surface area contributed by atoms with Crippen LogP contribution in [-0.4, -0.2) is 44.1 Å². The molecule has 1 amide bonds. The van der Waals surface area contributed by atoms with Gasteiger partial charge in [-0.25, -0.2) is 0 Å². The molecule has 0 unspecified atom stereocenters. The van der Waals surface area contributed by atoms with Crippen LogP contribution in [0, 0.1) is 6.92 Å². The van der Waals surface area contributed by atoms with Gasteiger partial charge in [0.05, 0.1) is 19.1 Å². The number of allylic oxidation sites excluding steroid dienone is 1. The number of nitrogens with one attached hydrogen (secondary N) is 1. The molecule has 8 heteroatoms. The molecule has 0 radical (unpaired) electrons. The average molecular weight is 460 g/mol. The fourth-order valence-electron chi connectivity index (χ4n) is 4.18. The Kier molecular flexibility index (Phi) is 5.49. The summed E-state index contributed by atoms with van der Waals surface area (Å²) < 4.78 is 22.0. The summed E-state index contributed by atoms with van der Waals surface area (Å²) in [4.78, 5) is 28.0. The molecule has 2 aliphatic heterocycles. The summed E-state index contributed by atoms with van der Waals surface area (Å²) >= 11 is 0. The van der Waals surface area contributed by atoms with Crippen LogP contribution in [0.1, 0.15) is 37.6 Å². The highest BCUT2D eigenvalue weighted by molar-refractivity contribution is 6.12. The zero-order chi connectivity index (χ0) is 23.8. The molecule has 0 aliphatic carbocycles. The molecule has 2 aromatic carbocycles. The maximum absolute atomic E-state index is 13.6. The maximum atomic E-state index is 13.6. The van der Waals surface area contributed by atoms with E-state index < -0.39 is 0 Å². The summed E-state index contributed by atoms with van der Waals surface area (Å²) in [5.41, 5.74) is 4.18. The molecule has 0 spiro atoms. The summed E-state index contributed by atoms with van der Waals surface area (Å²) in [5.74, 6) is 1.41. The Morgan fingerprint density at radius 3 is 2.76 bits per heavy atom. The summed E-state index contributed by atoms with van der Waals surface area (Å²) in [5, 5.41) is 2.83. The van der Waals surface area contributed by atoms with Gasteiger partial charge in [0.1, 0.15) is 0 Å². The van der Waals surface area contributed by atoms with Crippen molar-refractivity contribution in [3.8, 4) is 17.2 Å². The van der Waals surface area contributed by atoms with Crippen LogP contribution in [0.15, 0.2) is 52.8 Å². The predicted octanol–water partition coefficient (Wildman–Crippen LogP) is 4.29. The van der Waals surface area contributed by atoms with E-state index in [1.54, 1.807) is 31.4 Å². The van der Waals surface area contributed by atoms with Gasteiger partial charge in [0, 0.05) is 30.4 Å². The average Bonchev–Trinajstić information content (AvgIpc) is 3.51. The van der Waals surface area contributed by atoms with Gasteiger partial charge in [0.2, 0.25) is 18.3 Å². The number of ketones is 1. The summed E-state index contributed by atoms with van der Waals surface area (Å²) in [6.45, 7) is 2.65. The zero-order valence-corrected chi connectivity index (χ0v) is 19.1. The van der Waals surface area contributed by atoms with Crippen molar-refractivity contribution in [3.63, 3.8) is 0 Å². The zero-order valence-electron chi connectivity index (χ0n) is 19.1. The molecule has 8 nitrogen and oxygen atoms in total. The first-order valence-electron chi connectivity index (χ1n) is 10.9. The Labute approximate surface area is 196 Å². The fourth-order valence-corrected chi connectivity index (χ4v) is 4.18. The summed E-state index contributed by atoms with van der Waals surface area (Å²) in [7, 11) is 3.46. The van der Waals surface area contributed by atoms with E-state index in [2.05, 4.69) is 5.32 Å². The number of methoxy groups -OCH3 is 1. The number of carbonyl (C=O) groups excluding carboxylic acids is 2. The Bertz CT molecular complexity index is 1310. The summed E-state index contributed by atoms with van der Waals surface area (Å²) in [6.07, 6.45) is 3.99. The van der Waals surface area contributed by atoms with Crippen molar-refractivity contribution in [2.75, 3.05) is 32.8 Å². The molecule has 0 atom stereocenters. The standard InChI is InChI=1S/C26H24N2O6/c1-15-6-7-17(11-19(15)27-26(30)21-5-4-10-32-21)23(29)20-13-18-16(8-9-28(20)2)12-22-25(24(18)31-3)34-14-33-22/h4-7,10-13H,8-9,14H2,1-3H3,(H,27,30). The van der Waals surface area contributed by atoms with Gasteiger partial charge in [-0.15, -0.1) is 0 Å². The SMILES string of the molecule is COc1c2c(cc3c1OCO3)CCN(C)C(C(=O)c1ccc(C)c(NC(=O)c3ccco3)c1)=C2. The van der Waals surface area contributed by atoms with Crippen molar-refractivity contribution < 1.29 is 28.2 Å². The lowest BCUT2D eigenvalue weighted by Gasteiger charge is -2.20. The van der Waals surface area contributed by atoms with Crippen molar-refractivity contribution in [2.24, 2.45) is 0 Å². The molecule has 0 saturated heterocycles. The number of rotatable bonds is 5. The summed E-state index contributed by atoms with van der Waals surface area (Å²) in [6, 6.07) is 10.4. The van der Waals surface area contributed by atoms with Crippen LogP contribution >= 0.6 is 0 Å². The van der Waals surface area contributed by atoms with E-state index in [1.165, 1.54) is 6.26 Å². The van der Waals surface area contributed by atoms with Crippen molar-refractivity contribution >= 4 is 23.5 Å². The molecule has 174 valence electrons. The van der Waals surface area contributed by atoms with Gasteiger partial charge in [-0.3, -0.25) is 9.59 Å². The van der Waals surface area contributed by atoms with Crippen molar-refractivity contribution in [3.05, 3.63) is 76.4 Å². The third-order valence-electron chi connectivity index (χ3n) is 6.08. The van der Waals surface area contributed by atoms with Gasteiger partial charge in [-0.05, 0) is 54.8 Å². The lowest BCUT2D eigenvalue weighted by molar-refractivity contribution is 0.0988. The number of fused-ring (bicyclic) bond motifs is 2. The first-order chi connectivity index (χ1) is 16.5. The van der Waals surface area contributed by atoms with E-state index in [9.17, 15) is 9.59 Å². The molecule has 0 fully saturated rings. The number of amides is 1. The normalized spacial score (nSPS) is 14.2. The third kappa shape index (κ3) is 3.77. The van der Waals surface area contributed by atoms with E-state index in [0.29, 0.717) is 47.2 Å². The lowest BCUT2D eigenvalue weighted by Crippen LogP contribution is -2.24. The molecule has 2 aliphatic rings. The topological polar surface area (TPSA) is 90.2 Å². The van der Waals surface area contributed by atoms with Crippen molar-refractivity contribution in [1.29, 1.82) is 0 Å². The van der Waals surface area contributed by atoms with Crippen LogP contribution in [0.4, 0.5) is 5.69 Å². The van der Waals surface area contributed by atoms with Gasteiger partial charge in [-0.1, -0.05) is 12.1 Å². The Morgan fingerprint density at radius 1 is 1.15 bits per heavy atom. The molecule has 1 N–H and O–H groups in total.